The van der Waals surface area contributed by atoms with E-state index in [-0.39, 0.29) is 5.91 Å². The van der Waals surface area contributed by atoms with Gasteiger partial charge in [0.15, 0.2) is 0 Å². The molecule has 0 N–H and O–H groups in total. The summed E-state index contributed by atoms with van der Waals surface area (Å²) in [4.78, 5) is 14.1. The highest BCUT2D eigenvalue weighted by molar-refractivity contribution is 9.10. The van der Waals surface area contributed by atoms with Gasteiger partial charge in [-0.3, -0.25) is 4.79 Å². The van der Waals surface area contributed by atoms with E-state index in [0.29, 0.717) is 29.6 Å². The highest BCUT2D eigenvalue weighted by Crippen LogP contribution is 2.27. The van der Waals surface area contributed by atoms with Crippen molar-refractivity contribution >= 4 is 45.0 Å². The van der Waals surface area contributed by atoms with Crippen LogP contribution < -0.4 is 0 Å². The Labute approximate surface area is 126 Å². The van der Waals surface area contributed by atoms with Crippen LogP contribution in [0.2, 0.25) is 5.02 Å². The molecule has 2 nitrogen and oxygen atoms in total. The molecule has 1 aromatic carbocycles. The summed E-state index contributed by atoms with van der Waals surface area (Å²) in [5.74, 6) is 0.372. The number of rotatable bonds is 6. The van der Waals surface area contributed by atoms with Gasteiger partial charge in [0.2, 0.25) is 0 Å². The van der Waals surface area contributed by atoms with Crippen molar-refractivity contribution in [2.75, 3.05) is 19.0 Å². The zero-order valence-corrected chi connectivity index (χ0v) is 13.4. The van der Waals surface area contributed by atoms with Crippen molar-refractivity contribution in [1.29, 1.82) is 0 Å². The van der Waals surface area contributed by atoms with Gasteiger partial charge in [0, 0.05) is 23.4 Å². The summed E-state index contributed by atoms with van der Waals surface area (Å²) in [5, 5.41) is 0.457. The van der Waals surface area contributed by atoms with E-state index in [2.05, 4.69) is 22.9 Å². The van der Waals surface area contributed by atoms with Crippen LogP contribution in [0.15, 0.2) is 22.7 Å². The number of halogens is 3. The van der Waals surface area contributed by atoms with E-state index < -0.39 is 0 Å². The molecule has 0 saturated heterocycles. The average molecular weight is 353 g/mol. The molecule has 0 atom stereocenters. The molecule has 1 rings (SSSR count). The Hall–Kier alpha value is -0.250. The predicted molar refractivity (Wildman–Crippen MR) is 80.7 cm³/mol. The third-order valence-electron chi connectivity index (χ3n) is 2.61. The second-order valence-electron chi connectivity index (χ2n) is 3.94. The Kier molecular flexibility index (Phi) is 7.05. The first-order chi connectivity index (χ1) is 8.61. The SMILES string of the molecule is CCCCN(CCCl)C(=O)c1cccc(Br)c1Cl. The van der Waals surface area contributed by atoms with Gasteiger partial charge < -0.3 is 4.90 Å². The molecule has 0 spiro atoms. The first-order valence-corrected chi connectivity index (χ1v) is 7.61. The van der Waals surface area contributed by atoms with E-state index in [4.69, 9.17) is 23.2 Å². The summed E-state index contributed by atoms with van der Waals surface area (Å²) >= 11 is 15.2. The number of carbonyl (C=O) groups is 1. The number of carbonyl (C=O) groups excluding carboxylic acids is 1. The molecule has 0 fully saturated rings. The van der Waals surface area contributed by atoms with E-state index in [1.807, 2.05) is 12.1 Å². The molecule has 100 valence electrons. The molecule has 0 aliphatic carbocycles. The molecule has 5 heteroatoms. The number of alkyl halides is 1. The molecule has 1 amide bonds. The Bertz CT molecular complexity index is 412. The number of hydrogen-bond acceptors (Lipinski definition) is 1. The summed E-state index contributed by atoms with van der Waals surface area (Å²) in [5.41, 5.74) is 0.521. The summed E-state index contributed by atoms with van der Waals surface area (Å²) in [6, 6.07) is 5.36. The molecule has 0 saturated carbocycles. The molecule has 0 bridgehead atoms. The lowest BCUT2D eigenvalue weighted by Gasteiger charge is -2.22. The highest BCUT2D eigenvalue weighted by Gasteiger charge is 2.18. The van der Waals surface area contributed by atoms with E-state index >= 15 is 0 Å². The number of benzene rings is 1. The van der Waals surface area contributed by atoms with Crippen LogP contribution in [-0.2, 0) is 0 Å². The van der Waals surface area contributed by atoms with Gasteiger partial charge in [0.25, 0.3) is 5.91 Å². The van der Waals surface area contributed by atoms with E-state index in [0.717, 1.165) is 17.3 Å². The van der Waals surface area contributed by atoms with Gasteiger partial charge in [-0.05, 0) is 34.5 Å². The van der Waals surface area contributed by atoms with Gasteiger partial charge >= 0.3 is 0 Å². The van der Waals surface area contributed by atoms with Crippen molar-refractivity contribution in [2.24, 2.45) is 0 Å². The fraction of sp³-hybridized carbons (Fsp3) is 0.462. The number of hydrogen-bond donors (Lipinski definition) is 0. The maximum Gasteiger partial charge on any atom is 0.255 e. The normalized spacial score (nSPS) is 10.4. The zero-order valence-electron chi connectivity index (χ0n) is 10.3. The predicted octanol–water partition coefficient (Wildman–Crippen LogP) is 4.58. The molecule has 1 aromatic rings. The lowest BCUT2D eigenvalue weighted by Crippen LogP contribution is -2.33. The minimum absolute atomic E-state index is 0.0598. The van der Waals surface area contributed by atoms with Crippen LogP contribution in [0, 0.1) is 0 Å². The second kappa shape index (κ2) is 8.03. The van der Waals surface area contributed by atoms with Crippen LogP contribution in [0.1, 0.15) is 30.1 Å². The Balaban J connectivity index is 2.90. The third-order valence-corrected chi connectivity index (χ3v) is 4.07. The summed E-state index contributed by atoms with van der Waals surface area (Å²) in [7, 11) is 0. The van der Waals surface area contributed by atoms with Crippen molar-refractivity contribution in [1.82, 2.24) is 4.90 Å². The molecule has 0 aliphatic rings. The van der Waals surface area contributed by atoms with Crippen molar-refractivity contribution in [3.8, 4) is 0 Å². The molecular formula is C13H16BrCl2NO. The van der Waals surface area contributed by atoms with Crippen molar-refractivity contribution in [3.05, 3.63) is 33.3 Å². The lowest BCUT2D eigenvalue weighted by molar-refractivity contribution is 0.0763. The number of unbranched alkanes of at least 4 members (excludes halogenated alkanes) is 1. The fourth-order valence-electron chi connectivity index (χ4n) is 1.61. The van der Waals surface area contributed by atoms with Crippen LogP contribution in [0.4, 0.5) is 0 Å². The van der Waals surface area contributed by atoms with Gasteiger partial charge in [-0.15, -0.1) is 11.6 Å². The molecule has 0 aromatic heterocycles. The standard InChI is InChI=1S/C13H16BrCl2NO/c1-2-3-8-17(9-7-15)13(18)10-5-4-6-11(14)12(10)16/h4-6H,2-3,7-9H2,1H3. The third kappa shape index (κ3) is 4.15. The first kappa shape index (κ1) is 15.8. The minimum Gasteiger partial charge on any atom is -0.337 e. The summed E-state index contributed by atoms with van der Waals surface area (Å²) in [6.07, 6.45) is 2.01. The Morgan fingerprint density at radius 1 is 1.39 bits per heavy atom. The molecular weight excluding hydrogens is 337 g/mol. The molecule has 18 heavy (non-hydrogen) atoms. The Morgan fingerprint density at radius 3 is 2.72 bits per heavy atom. The van der Waals surface area contributed by atoms with E-state index in [1.165, 1.54) is 0 Å². The van der Waals surface area contributed by atoms with Gasteiger partial charge in [-0.25, -0.2) is 0 Å². The van der Waals surface area contributed by atoms with E-state index in [1.54, 1.807) is 11.0 Å². The molecule has 0 aliphatic heterocycles. The monoisotopic (exact) mass is 351 g/mol. The maximum atomic E-state index is 12.4. The second-order valence-corrected chi connectivity index (χ2v) is 5.55. The van der Waals surface area contributed by atoms with Gasteiger partial charge in [-0.2, -0.15) is 0 Å². The summed E-state index contributed by atoms with van der Waals surface area (Å²) in [6.45, 7) is 3.35. The van der Waals surface area contributed by atoms with Crippen LogP contribution in [0.25, 0.3) is 0 Å². The smallest absolute Gasteiger partial charge is 0.255 e. The maximum absolute atomic E-state index is 12.4. The van der Waals surface area contributed by atoms with Crippen LogP contribution in [-0.4, -0.2) is 29.8 Å². The van der Waals surface area contributed by atoms with Crippen LogP contribution in [0.3, 0.4) is 0 Å². The van der Waals surface area contributed by atoms with E-state index in [9.17, 15) is 4.79 Å². The highest BCUT2D eigenvalue weighted by atomic mass is 79.9. The largest absolute Gasteiger partial charge is 0.337 e. The topological polar surface area (TPSA) is 20.3 Å². The molecule has 0 heterocycles. The van der Waals surface area contributed by atoms with Gasteiger partial charge in [0.1, 0.15) is 0 Å². The molecule has 0 unspecified atom stereocenters. The van der Waals surface area contributed by atoms with Crippen molar-refractivity contribution in [2.45, 2.75) is 19.8 Å². The van der Waals surface area contributed by atoms with Crippen molar-refractivity contribution in [3.63, 3.8) is 0 Å². The minimum atomic E-state index is -0.0598. The zero-order chi connectivity index (χ0) is 13.5. The molecule has 0 radical (unpaired) electrons. The van der Waals surface area contributed by atoms with Crippen LogP contribution >= 0.6 is 39.1 Å². The quantitative estimate of drug-likeness (QED) is 0.686. The fourth-order valence-corrected chi connectivity index (χ4v) is 2.38. The van der Waals surface area contributed by atoms with Gasteiger partial charge in [-0.1, -0.05) is 31.0 Å². The number of nitrogens with zero attached hydrogens (tertiary/aromatic N) is 1. The van der Waals surface area contributed by atoms with Crippen LogP contribution in [0.5, 0.6) is 0 Å². The Morgan fingerprint density at radius 2 is 2.11 bits per heavy atom. The van der Waals surface area contributed by atoms with Crippen molar-refractivity contribution < 1.29 is 4.79 Å². The van der Waals surface area contributed by atoms with Gasteiger partial charge in [0.05, 0.1) is 10.6 Å². The number of amides is 1. The first-order valence-electron chi connectivity index (χ1n) is 5.91. The lowest BCUT2D eigenvalue weighted by atomic mass is 10.2. The summed E-state index contributed by atoms with van der Waals surface area (Å²) < 4.78 is 0.733. The average Bonchev–Trinajstić information content (AvgIpc) is 2.37.